The number of amides is 1. The quantitative estimate of drug-likeness (QED) is 0.449. The van der Waals surface area contributed by atoms with Crippen LogP contribution in [0.15, 0.2) is 60.8 Å². The van der Waals surface area contributed by atoms with Crippen molar-refractivity contribution < 1.29 is 4.79 Å². The summed E-state index contributed by atoms with van der Waals surface area (Å²) in [4.78, 5) is 22.8. The molecular formula is C26H26ClN5O. The molecule has 0 unspecified atom stereocenters. The highest BCUT2D eigenvalue weighted by molar-refractivity contribution is 6.31. The Balaban J connectivity index is 1.39. The molecule has 0 saturated carbocycles. The number of nitrogens with zero attached hydrogens (tertiary/aromatic N) is 5. The van der Waals surface area contributed by atoms with E-state index < -0.39 is 0 Å². The molecule has 0 spiro atoms. The van der Waals surface area contributed by atoms with Gasteiger partial charge in [0.05, 0.1) is 23.0 Å². The Bertz CT molecular complexity index is 1320. The maximum Gasteiger partial charge on any atom is 0.254 e. The molecule has 0 atom stereocenters. The Morgan fingerprint density at radius 1 is 1.03 bits per heavy atom. The first kappa shape index (κ1) is 21.6. The second-order valence-corrected chi connectivity index (χ2v) is 8.91. The van der Waals surface area contributed by atoms with Crippen LogP contribution in [0.5, 0.6) is 0 Å². The molecule has 1 aliphatic rings. The number of benzene rings is 2. The first-order chi connectivity index (χ1) is 16.0. The lowest BCUT2D eigenvalue weighted by Crippen LogP contribution is -2.48. The van der Waals surface area contributed by atoms with Crippen LogP contribution in [0.25, 0.3) is 22.2 Å². The van der Waals surface area contributed by atoms with Crippen molar-refractivity contribution in [3.63, 3.8) is 0 Å². The predicted molar refractivity (Wildman–Crippen MR) is 131 cm³/mol. The van der Waals surface area contributed by atoms with E-state index in [1.165, 1.54) is 0 Å². The van der Waals surface area contributed by atoms with Crippen molar-refractivity contribution in [1.82, 2.24) is 24.6 Å². The van der Waals surface area contributed by atoms with Gasteiger partial charge in [-0.1, -0.05) is 48.0 Å². The van der Waals surface area contributed by atoms with Crippen LogP contribution in [0.4, 0.5) is 0 Å². The maximum atomic E-state index is 13.6. The van der Waals surface area contributed by atoms with Crippen LogP contribution in [0.1, 0.15) is 21.6 Å². The zero-order valence-electron chi connectivity index (χ0n) is 18.8. The van der Waals surface area contributed by atoms with Gasteiger partial charge in [0.2, 0.25) is 0 Å². The number of rotatable bonds is 4. The van der Waals surface area contributed by atoms with Gasteiger partial charge in [-0.25, -0.2) is 4.98 Å². The minimum atomic E-state index is 0.0498. The standard InChI is InChI=1S/C26H26ClN5O/c1-18-22(16-28-30(18)2)25-15-21(20-8-4-6-10-24(20)29-25)26(33)32-13-11-31(12-14-32)17-19-7-3-5-9-23(19)27/h3-10,15-16H,11-14,17H2,1-2H3. The summed E-state index contributed by atoms with van der Waals surface area (Å²) in [5.41, 5.74) is 5.37. The van der Waals surface area contributed by atoms with Crippen molar-refractivity contribution in [3.05, 3.63) is 82.6 Å². The predicted octanol–water partition coefficient (Wildman–Crippen LogP) is 4.56. The Morgan fingerprint density at radius 2 is 1.76 bits per heavy atom. The van der Waals surface area contributed by atoms with Crippen LogP contribution >= 0.6 is 11.6 Å². The highest BCUT2D eigenvalue weighted by Gasteiger charge is 2.25. The van der Waals surface area contributed by atoms with Crippen molar-refractivity contribution >= 4 is 28.4 Å². The zero-order valence-corrected chi connectivity index (χ0v) is 19.6. The highest BCUT2D eigenvalue weighted by Crippen LogP contribution is 2.28. The van der Waals surface area contributed by atoms with Crippen LogP contribution in [0.3, 0.4) is 0 Å². The Labute approximate surface area is 198 Å². The molecule has 6 nitrogen and oxygen atoms in total. The number of hydrogen-bond donors (Lipinski definition) is 0. The van der Waals surface area contributed by atoms with Gasteiger partial charge in [-0.2, -0.15) is 5.10 Å². The SMILES string of the molecule is Cc1c(-c2cc(C(=O)N3CCN(Cc4ccccc4Cl)CC3)c3ccccc3n2)cnn1C. The van der Waals surface area contributed by atoms with Crippen molar-refractivity contribution in [3.8, 4) is 11.3 Å². The molecule has 5 rings (SSSR count). The number of halogens is 1. The van der Waals surface area contributed by atoms with Crippen molar-refractivity contribution in [1.29, 1.82) is 0 Å². The Kier molecular flexibility index (Phi) is 5.87. The van der Waals surface area contributed by atoms with E-state index in [0.717, 1.165) is 58.1 Å². The molecule has 0 aliphatic carbocycles. The summed E-state index contributed by atoms with van der Waals surface area (Å²) in [6.07, 6.45) is 1.81. The summed E-state index contributed by atoms with van der Waals surface area (Å²) in [5, 5.41) is 6.02. The van der Waals surface area contributed by atoms with Crippen molar-refractivity contribution in [2.45, 2.75) is 13.5 Å². The molecule has 0 N–H and O–H groups in total. The van der Waals surface area contributed by atoms with Crippen LogP contribution in [-0.4, -0.2) is 56.7 Å². The Morgan fingerprint density at radius 3 is 2.48 bits per heavy atom. The minimum absolute atomic E-state index is 0.0498. The summed E-state index contributed by atoms with van der Waals surface area (Å²) in [7, 11) is 1.91. The third kappa shape index (κ3) is 4.24. The summed E-state index contributed by atoms with van der Waals surface area (Å²) in [6, 6.07) is 17.7. The summed E-state index contributed by atoms with van der Waals surface area (Å²) in [6.45, 7) is 5.80. The smallest absolute Gasteiger partial charge is 0.254 e. The summed E-state index contributed by atoms with van der Waals surface area (Å²) < 4.78 is 1.83. The molecule has 33 heavy (non-hydrogen) atoms. The number of pyridine rings is 1. The fourth-order valence-corrected chi connectivity index (χ4v) is 4.58. The van der Waals surface area contributed by atoms with Crippen molar-refractivity contribution in [2.24, 2.45) is 7.05 Å². The third-order valence-corrected chi connectivity index (χ3v) is 6.84. The van der Waals surface area contributed by atoms with E-state index in [1.807, 2.05) is 78.3 Å². The Hall–Kier alpha value is -3.22. The van der Waals surface area contributed by atoms with Gasteiger partial charge in [-0.3, -0.25) is 14.4 Å². The van der Waals surface area contributed by atoms with E-state index >= 15 is 0 Å². The fourth-order valence-electron chi connectivity index (χ4n) is 4.39. The third-order valence-electron chi connectivity index (χ3n) is 6.47. The number of hydrogen-bond acceptors (Lipinski definition) is 4. The topological polar surface area (TPSA) is 54.3 Å². The molecule has 1 amide bonds. The lowest BCUT2D eigenvalue weighted by molar-refractivity contribution is 0.0630. The lowest BCUT2D eigenvalue weighted by Gasteiger charge is -2.35. The van der Waals surface area contributed by atoms with Gasteiger partial charge in [0.25, 0.3) is 5.91 Å². The first-order valence-corrected chi connectivity index (χ1v) is 11.5. The van der Waals surface area contributed by atoms with Crippen LogP contribution in [0, 0.1) is 6.92 Å². The molecule has 1 aliphatic heterocycles. The average molecular weight is 460 g/mol. The molecule has 168 valence electrons. The molecule has 1 saturated heterocycles. The molecule has 2 aromatic carbocycles. The van der Waals surface area contributed by atoms with Gasteiger partial charge in [0, 0.05) is 61.4 Å². The molecule has 0 radical (unpaired) electrons. The van der Waals surface area contributed by atoms with Gasteiger partial charge >= 0.3 is 0 Å². The molecule has 1 fully saturated rings. The fraction of sp³-hybridized carbons (Fsp3) is 0.269. The van der Waals surface area contributed by atoms with Crippen LogP contribution in [-0.2, 0) is 13.6 Å². The number of para-hydroxylation sites is 1. The molecule has 7 heteroatoms. The van der Waals surface area contributed by atoms with E-state index in [9.17, 15) is 4.79 Å². The lowest BCUT2D eigenvalue weighted by atomic mass is 10.0. The molecular weight excluding hydrogens is 434 g/mol. The molecule has 2 aromatic heterocycles. The number of carbonyl (C=O) groups is 1. The van der Waals surface area contributed by atoms with Gasteiger partial charge in [-0.05, 0) is 30.7 Å². The van der Waals surface area contributed by atoms with Crippen molar-refractivity contribution in [2.75, 3.05) is 26.2 Å². The number of aromatic nitrogens is 3. The van der Waals surface area contributed by atoms with Crippen LogP contribution in [0.2, 0.25) is 5.02 Å². The number of piperazine rings is 1. The number of carbonyl (C=O) groups excluding carboxylic acids is 1. The molecule has 3 heterocycles. The monoisotopic (exact) mass is 459 g/mol. The van der Waals surface area contributed by atoms with E-state index in [1.54, 1.807) is 0 Å². The van der Waals surface area contributed by atoms with Gasteiger partial charge in [0.1, 0.15) is 0 Å². The van der Waals surface area contributed by atoms with Crippen LogP contribution < -0.4 is 0 Å². The molecule has 4 aromatic rings. The number of aryl methyl sites for hydroxylation is 1. The maximum absolute atomic E-state index is 13.6. The van der Waals surface area contributed by atoms with Gasteiger partial charge in [-0.15, -0.1) is 0 Å². The summed E-state index contributed by atoms with van der Waals surface area (Å²) in [5.74, 6) is 0.0498. The normalized spacial score (nSPS) is 14.7. The van der Waals surface area contributed by atoms with E-state index in [2.05, 4.69) is 16.1 Å². The average Bonchev–Trinajstić information content (AvgIpc) is 3.18. The van der Waals surface area contributed by atoms with Gasteiger partial charge in [0.15, 0.2) is 0 Å². The van der Waals surface area contributed by atoms with Gasteiger partial charge < -0.3 is 4.90 Å². The summed E-state index contributed by atoms with van der Waals surface area (Å²) >= 11 is 6.33. The first-order valence-electron chi connectivity index (χ1n) is 11.1. The largest absolute Gasteiger partial charge is 0.336 e. The second kappa shape index (κ2) is 8.96. The van der Waals surface area contributed by atoms with E-state index in [-0.39, 0.29) is 5.91 Å². The highest BCUT2D eigenvalue weighted by atomic mass is 35.5. The minimum Gasteiger partial charge on any atom is -0.336 e. The second-order valence-electron chi connectivity index (χ2n) is 8.50. The molecule has 0 bridgehead atoms. The number of fused-ring (bicyclic) bond motifs is 1. The zero-order chi connectivity index (χ0) is 22.9. The van der Waals surface area contributed by atoms with E-state index in [4.69, 9.17) is 16.6 Å². The van der Waals surface area contributed by atoms with E-state index in [0.29, 0.717) is 18.7 Å².